The SMILES string of the molecule is CC(CCCN)NC(=O)c1cccc(F)c1. The number of carbonyl (C=O) groups excluding carboxylic acids is 1. The standard InChI is InChI=1S/C12H17FN2O/c1-9(4-3-7-14)15-12(16)10-5-2-6-11(13)8-10/h2,5-6,8-9H,3-4,7,14H2,1H3,(H,15,16). The van der Waals surface area contributed by atoms with E-state index < -0.39 is 5.82 Å². The van der Waals surface area contributed by atoms with Crippen LogP contribution >= 0.6 is 0 Å². The van der Waals surface area contributed by atoms with Crippen molar-refractivity contribution in [3.05, 3.63) is 35.6 Å². The first-order valence-corrected chi connectivity index (χ1v) is 5.40. The molecule has 0 bridgehead atoms. The maximum atomic E-state index is 12.9. The third-order valence-corrected chi connectivity index (χ3v) is 2.31. The molecule has 3 nitrogen and oxygen atoms in total. The largest absolute Gasteiger partial charge is 0.350 e. The van der Waals surface area contributed by atoms with Crippen LogP contribution in [0.1, 0.15) is 30.1 Å². The van der Waals surface area contributed by atoms with Gasteiger partial charge in [-0.25, -0.2) is 4.39 Å². The van der Waals surface area contributed by atoms with E-state index in [4.69, 9.17) is 5.73 Å². The predicted molar refractivity (Wildman–Crippen MR) is 61.6 cm³/mol. The number of amides is 1. The molecule has 88 valence electrons. The Labute approximate surface area is 94.8 Å². The minimum atomic E-state index is -0.401. The van der Waals surface area contributed by atoms with E-state index in [1.165, 1.54) is 18.2 Å². The fourth-order valence-electron chi connectivity index (χ4n) is 1.43. The van der Waals surface area contributed by atoms with Crippen molar-refractivity contribution in [3.63, 3.8) is 0 Å². The monoisotopic (exact) mass is 224 g/mol. The van der Waals surface area contributed by atoms with Crippen molar-refractivity contribution in [2.75, 3.05) is 6.54 Å². The molecule has 1 aromatic rings. The lowest BCUT2D eigenvalue weighted by molar-refractivity contribution is 0.0937. The summed E-state index contributed by atoms with van der Waals surface area (Å²) in [7, 11) is 0. The number of halogens is 1. The number of rotatable bonds is 5. The summed E-state index contributed by atoms with van der Waals surface area (Å²) in [5.74, 6) is -0.647. The fraction of sp³-hybridized carbons (Fsp3) is 0.417. The average Bonchev–Trinajstić information content (AvgIpc) is 2.26. The van der Waals surface area contributed by atoms with Crippen molar-refractivity contribution in [2.45, 2.75) is 25.8 Å². The number of nitrogens with two attached hydrogens (primary N) is 1. The molecule has 0 aliphatic carbocycles. The molecular formula is C12H17FN2O. The van der Waals surface area contributed by atoms with Crippen LogP contribution in [-0.4, -0.2) is 18.5 Å². The van der Waals surface area contributed by atoms with Gasteiger partial charge in [-0.1, -0.05) is 6.07 Å². The fourth-order valence-corrected chi connectivity index (χ4v) is 1.43. The second-order valence-corrected chi connectivity index (χ2v) is 3.82. The molecule has 3 N–H and O–H groups in total. The van der Waals surface area contributed by atoms with Gasteiger partial charge in [0.2, 0.25) is 0 Å². The van der Waals surface area contributed by atoms with Crippen LogP contribution in [0, 0.1) is 5.82 Å². The van der Waals surface area contributed by atoms with Gasteiger partial charge < -0.3 is 11.1 Å². The van der Waals surface area contributed by atoms with Crippen molar-refractivity contribution < 1.29 is 9.18 Å². The Kier molecular flexibility index (Phi) is 4.92. The van der Waals surface area contributed by atoms with Gasteiger partial charge in [0.15, 0.2) is 0 Å². The third kappa shape index (κ3) is 3.98. The smallest absolute Gasteiger partial charge is 0.251 e. The Balaban J connectivity index is 2.52. The van der Waals surface area contributed by atoms with Crippen LogP contribution in [-0.2, 0) is 0 Å². The van der Waals surface area contributed by atoms with Crippen LogP contribution in [0.5, 0.6) is 0 Å². The molecule has 0 heterocycles. The first-order chi connectivity index (χ1) is 7.63. The number of nitrogens with one attached hydrogen (secondary N) is 1. The highest BCUT2D eigenvalue weighted by molar-refractivity contribution is 5.94. The Bertz CT molecular complexity index is 355. The first kappa shape index (κ1) is 12.6. The van der Waals surface area contributed by atoms with Gasteiger partial charge in [-0.05, 0) is 44.5 Å². The number of carbonyl (C=O) groups is 1. The van der Waals surface area contributed by atoms with Crippen LogP contribution in [0.15, 0.2) is 24.3 Å². The Morgan fingerprint density at radius 3 is 2.94 bits per heavy atom. The van der Waals surface area contributed by atoms with Gasteiger partial charge in [0.25, 0.3) is 5.91 Å². The van der Waals surface area contributed by atoms with E-state index >= 15 is 0 Å². The first-order valence-electron chi connectivity index (χ1n) is 5.40. The summed E-state index contributed by atoms with van der Waals surface area (Å²) in [5.41, 5.74) is 5.72. The summed E-state index contributed by atoms with van der Waals surface area (Å²) in [4.78, 5) is 11.7. The molecule has 1 atom stereocenters. The molecule has 0 aromatic heterocycles. The number of benzene rings is 1. The quantitative estimate of drug-likeness (QED) is 0.799. The second kappa shape index (κ2) is 6.23. The van der Waals surface area contributed by atoms with Crippen LogP contribution in [0.3, 0.4) is 0 Å². The summed E-state index contributed by atoms with van der Waals surface area (Å²) in [6.45, 7) is 2.52. The molecule has 0 saturated carbocycles. The van der Waals surface area contributed by atoms with Crippen LogP contribution in [0.2, 0.25) is 0 Å². The lowest BCUT2D eigenvalue weighted by Gasteiger charge is -2.13. The van der Waals surface area contributed by atoms with Crippen molar-refractivity contribution >= 4 is 5.91 Å². The molecular weight excluding hydrogens is 207 g/mol. The molecule has 0 saturated heterocycles. The van der Waals surface area contributed by atoms with E-state index in [2.05, 4.69) is 5.32 Å². The summed E-state index contributed by atoms with van der Waals surface area (Å²) in [6, 6.07) is 5.71. The van der Waals surface area contributed by atoms with Gasteiger partial charge in [-0.3, -0.25) is 4.79 Å². The molecule has 4 heteroatoms. The van der Waals surface area contributed by atoms with Crippen molar-refractivity contribution in [1.29, 1.82) is 0 Å². The van der Waals surface area contributed by atoms with E-state index in [0.717, 1.165) is 12.8 Å². The predicted octanol–water partition coefficient (Wildman–Crippen LogP) is 1.68. The molecule has 0 aliphatic rings. The van der Waals surface area contributed by atoms with Gasteiger partial charge in [-0.15, -0.1) is 0 Å². The maximum absolute atomic E-state index is 12.9. The summed E-state index contributed by atoms with van der Waals surface area (Å²) < 4.78 is 12.9. The Morgan fingerprint density at radius 1 is 1.56 bits per heavy atom. The minimum Gasteiger partial charge on any atom is -0.350 e. The molecule has 1 aromatic carbocycles. The van der Waals surface area contributed by atoms with Crippen molar-refractivity contribution in [2.24, 2.45) is 5.73 Å². The van der Waals surface area contributed by atoms with Crippen molar-refractivity contribution in [1.82, 2.24) is 5.32 Å². The highest BCUT2D eigenvalue weighted by Crippen LogP contribution is 2.04. The normalized spacial score (nSPS) is 12.2. The zero-order valence-corrected chi connectivity index (χ0v) is 9.37. The van der Waals surface area contributed by atoms with Crippen LogP contribution < -0.4 is 11.1 Å². The average molecular weight is 224 g/mol. The molecule has 1 amide bonds. The molecule has 16 heavy (non-hydrogen) atoms. The highest BCUT2D eigenvalue weighted by Gasteiger charge is 2.09. The van der Waals surface area contributed by atoms with E-state index in [1.54, 1.807) is 6.07 Å². The van der Waals surface area contributed by atoms with Gasteiger partial charge in [0, 0.05) is 11.6 Å². The second-order valence-electron chi connectivity index (χ2n) is 3.82. The Hall–Kier alpha value is -1.42. The molecule has 1 unspecified atom stereocenters. The van der Waals surface area contributed by atoms with E-state index in [9.17, 15) is 9.18 Å². The van der Waals surface area contributed by atoms with Gasteiger partial charge in [0.05, 0.1) is 0 Å². The van der Waals surface area contributed by atoms with E-state index in [-0.39, 0.29) is 11.9 Å². The molecule has 0 aliphatic heterocycles. The number of hydrogen-bond acceptors (Lipinski definition) is 2. The third-order valence-electron chi connectivity index (χ3n) is 2.31. The number of hydrogen-bond donors (Lipinski definition) is 2. The summed E-state index contributed by atoms with van der Waals surface area (Å²) in [6.07, 6.45) is 1.70. The van der Waals surface area contributed by atoms with Gasteiger partial charge >= 0.3 is 0 Å². The summed E-state index contributed by atoms with van der Waals surface area (Å²) >= 11 is 0. The minimum absolute atomic E-state index is 0.0549. The van der Waals surface area contributed by atoms with E-state index in [1.807, 2.05) is 6.92 Å². The van der Waals surface area contributed by atoms with Crippen LogP contribution in [0.25, 0.3) is 0 Å². The van der Waals surface area contributed by atoms with Gasteiger partial charge in [-0.2, -0.15) is 0 Å². The van der Waals surface area contributed by atoms with Crippen LogP contribution in [0.4, 0.5) is 4.39 Å². The zero-order chi connectivity index (χ0) is 12.0. The lowest BCUT2D eigenvalue weighted by Crippen LogP contribution is -2.32. The molecule has 0 fully saturated rings. The lowest BCUT2D eigenvalue weighted by atomic mass is 10.1. The topological polar surface area (TPSA) is 55.1 Å². The molecule has 1 rings (SSSR count). The Morgan fingerprint density at radius 2 is 2.31 bits per heavy atom. The molecule has 0 spiro atoms. The maximum Gasteiger partial charge on any atom is 0.251 e. The zero-order valence-electron chi connectivity index (χ0n) is 9.37. The summed E-state index contributed by atoms with van der Waals surface area (Å²) in [5, 5.41) is 2.80. The highest BCUT2D eigenvalue weighted by atomic mass is 19.1. The van der Waals surface area contributed by atoms with Crippen molar-refractivity contribution in [3.8, 4) is 0 Å². The van der Waals surface area contributed by atoms with E-state index in [0.29, 0.717) is 12.1 Å². The van der Waals surface area contributed by atoms with Gasteiger partial charge in [0.1, 0.15) is 5.82 Å². The molecule has 0 radical (unpaired) electrons.